The van der Waals surface area contributed by atoms with Gasteiger partial charge < -0.3 is 9.64 Å². The summed E-state index contributed by atoms with van der Waals surface area (Å²) in [7, 11) is 0. The molecule has 4 nitrogen and oxygen atoms in total. The van der Waals surface area contributed by atoms with Crippen molar-refractivity contribution in [2.75, 3.05) is 19.7 Å². The maximum absolute atomic E-state index is 12.4. The first-order valence-electron chi connectivity index (χ1n) is 9.04. The van der Waals surface area contributed by atoms with Gasteiger partial charge in [-0.2, -0.15) is 0 Å². The second-order valence-corrected chi connectivity index (χ2v) is 7.91. The Hall–Kier alpha value is -1.46. The van der Waals surface area contributed by atoms with Gasteiger partial charge in [0.2, 0.25) is 5.91 Å². The van der Waals surface area contributed by atoms with E-state index in [2.05, 4.69) is 18.2 Å². The largest absolute Gasteiger partial charge is 0.378 e. The fraction of sp³-hybridized carbons (Fsp3) is 0.579. The molecule has 1 atom stereocenters. The van der Waals surface area contributed by atoms with Crippen molar-refractivity contribution in [3.8, 4) is 0 Å². The number of likely N-dealkylation sites (tertiary alicyclic amines) is 1. The zero-order valence-electron chi connectivity index (χ0n) is 13.9. The summed E-state index contributed by atoms with van der Waals surface area (Å²) < 4.78 is 6.88. The van der Waals surface area contributed by atoms with Crippen LogP contribution in [0.1, 0.15) is 49.5 Å². The molecule has 128 valence electrons. The van der Waals surface area contributed by atoms with Crippen LogP contribution in [0, 0.1) is 0 Å². The lowest BCUT2D eigenvalue weighted by Crippen LogP contribution is -2.38. The number of ether oxygens (including phenoxy) is 1. The van der Waals surface area contributed by atoms with E-state index < -0.39 is 0 Å². The van der Waals surface area contributed by atoms with E-state index in [-0.39, 0.29) is 0 Å². The third kappa shape index (κ3) is 3.47. The molecule has 2 aliphatic heterocycles. The molecule has 1 unspecified atom stereocenters. The van der Waals surface area contributed by atoms with Gasteiger partial charge in [-0.3, -0.25) is 4.79 Å². The summed E-state index contributed by atoms with van der Waals surface area (Å²) >= 11 is 1.81. The quantitative estimate of drug-likeness (QED) is 0.843. The summed E-state index contributed by atoms with van der Waals surface area (Å²) in [5, 5.41) is 1.24. The molecule has 3 heterocycles. The highest BCUT2D eigenvalue weighted by molar-refractivity contribution is 7.18. The number of carbonyl (C=O) groups excluding carboxylic acids is 1. The smallest absolute Gasteiger partial charge is 0.222 e. The van der Waals surface area contributed by atoms with Crippen LogP contribution in [0.4, 0.5) is 0 Å². The van der Waals surface area contributed by atoms with E-state index in [9.17, 15) is 4.79 Å². The molecular formula is C19H24N2O2S. The number of hydrogen-bond donors (Lipinski definition) is 0. The van der Waals surface area contributed by atoms with Gasteiger partial charge in [0.15, 0.2) is 0 Å². The van der Waals surface area contributed by atoms with E-state index in [0.29, 0.717) is 24.3 Å². The third-order valence-corrected chi connectivity index (χ3v) is 6.41. The molecule has 2 aromatic rings. The molecular weight excluding hydrogens is 320 g/mol. The van der Waals surface area contributed by atoms with Crippen molar-refractivity contribution in [3.63, 3.8) is 0 Å². The fourth-order valence-electron chi connectivity index (χ4n) is 3.76. The van der Waals surface area contributed by atoms with Crippen LogP contribution in [0.25, 0.3) is 10.2 Å². The molecule has 0 spiro atoms. The highest BCUT2D eigenvalue weighted by Crippen LogP contribution is 2.34. The summed E-state index contributed by atoms with van der Waals surface area (Å²) in [5.41, 5.74) is 1.10. The van der Waals surface area contributed by atoms with E-state index in [4.69, 9.17) is 9.72 Å². The average Bonchev–Trinajstić information content (AvgIpc) is 3.29. The average molecular weight is 344 g/mol. The van der Waals surface area contributed by atoms with Crippen LogP contribution in [0.5, 0.6) is 0 Å². The van der Waals surface area contributed by atoms with Gasteiger partial charge in [0.1, 0.15) is 0 Å². The van der Waals surface area contributed by atoms with Crippen LogP contribution in [0.2, 0.25) is 0 Å². The minimum absolute atomic E-state index is 0.299. The molecule has 2 saturated heterocycles. The number of hydrogen-bond acceptors (Lipinski definition) is 4. The van der Waals surface area contributed by atoms with Gasteiger partial charge in [0, 0.05) is 32.0 Å². The van der Waals surface area contributed by atoms with Crippen LogP contribution in [-0.2, 0) is 9.53 Å². The first-order chi connectivity index (χ1) is 11.8. The molecule has 1 aromatic carbocycles. The number of amides is 1. The van der Waals surface area contributed by atoms with Crippen molar-refractivity contribution in [1.29, 1.82) is 0 Å². The number of rotatable bonds is 4. The van der Waals surface area contributed by atoms with Crippen LogP contribution < -0.4 is 0 Å². The Morgan fingerprint density at radius 2 is 2.08 bits per heavy atom. The summed E-state index contributed by atoms with van der Waals surface area (Å²) in [6.45, 7) is 2.60. The Morgan fingerprint density at radius 3 is 2.83 bits per heavy atom. The number of nitrogens with zero attached hydrogens (tertiary/aromatic N) is 2. The van der Waals surface area contributed by atoms with Gasteiger partial charge in [-0.1, -0.05) is 12.1 Å². The second-order valence-electron chi connectivity index (χ2n) is 6.85. The van der Waals surface area contributed by atoms with Crippen LogP contribution >= 0.6 is 11.3 Å². The van der Waals surface area contributed by atoms with Crippen molar-refractivity contribution < 1.29 is 9.53 Å². The van der Waals surface area contributed by atoms with Gasteiger partial charge in [0.05, 0.1) is 21.3 Å². The molecule has 2 fully saturated rings. The first-order valence-corrected chi connectivity index (χ1v) is 9.86. The van der Waals surface area contributed by atoms with Crippen molar-refractivity contribution >= 4 is 27.5 Å². The lowest BCUT2D eigenvalue weighted by atomic mass is 9.97. The van der Waals surface area contributed by atoms with E-state index in [1.165, 1.54) is 9.71 Å². The normalized spacial score (nSPS) is 22.3. The Balaban J connectivity index is 1.30. The lowest BCUT2D eigenvalue weighted by molar-refractivity contribution is -0.132. The van der Waals surface area contributed by atoms with Crippen molar-refractivity contribution in [2.24, 2.45) is 0 Å². The van der Waals surface area contributed by atoms with Crippen molar-refractivity contribution in [2.45, 2.75) is 50.5 Å². The molecule has 1 aromatic heterocycles. The zero-order chi connectivity index (χ0) is 16.4. The maximum atomic E-state index is 12.4. The molecule has 0 saturated carbocycles. The first kappa shape index (κ1) is 16.0. The van der Waals surface area contributed by atoms with Crippen molar-refractivity contribution in [3.05, 3.63) is 29.3 Å². The number of piperidine rings is 1. The molecule has 0 aliphatic carbocycles. The number of fused-ring (bicyclic) bond motifs is 1. The zero-order valence-corrected chi connectivity index (χ0v) is 14.8. The monoisotopic (exact) mass is 344 g/mol. The Kier molecular flexibility index (Phi) is 4.81. The summed E-state index contributed by atoms with van der Waals surface area (Å²) in [5.74, 6) is 0.804. The topological polar surface area (TPSA) is 42.4 Å². The third-order valence-electron chi connectivity index (χ3n) is 5.21. The SMILES string of the molecule is O=C(CCC1CCCO1)N1CCC(c2nc3ccccc3s2)CC1. The minimum Gasteiger partial charge on any atom is -0.378 e. The Morgan fingerprint density at radius 1 is 1.25 bits per heavy atom. The Bertz CT molecular complexity index is 667. The lowest BCUT2D eigenvalue weighted by Gasteiger charge is -2.31. The molecule has 0 N–H and O–H groups in total. The molecule has 1 amide bonds. The van der Waals surface area contributed by atoms with Crippen LogP contribution in [0.3, 0.4) is 0 Å². The second kappa shape index (κ2) is 7.19. The minimum atomic E-state index is 0.299. The van der Waals surface area contributed by atoms with Crippen molar-refractivity contribution in [1.82, 2.24) is 9.88 Å². The highest BCUT2D eigenvalue weighted by atomic mass is 32.1. The summed E-state index contributed by atoms with van der Waals surface area (Å²) in [6.07, 6.45) is 6.16. The molecule has 0 radical (unpaired) electrons. The summed E-state index contributed by atoms with van der Waals surface area (Å²) in [6, 6.07) is 8.33. The predicted octanol–water partition coefficient (Wildman–Crippen LogP) is 3.96. The number of thiazole rings is 1. The molecule has 4 rings (SSSR count). The fourth-order valence-corrected chi connectivity index (χ4v) is 4.89. The molecule has 2 aliphatic rings. The molecule has 5 heteroatoms. The molecule has 24 heavy (non-hydrogen) atoms. The van der Waals surface area contributed by atoms with Crippen LogP contribution in [0.15, 0.2) is 24.3 Å². The van der Waals surface area contributed by atoms with Gasteiger partial charge in [-0.05, 0) is 44.2 Å². The summed E-state index contributed by atoms with van der Waals surface area (Å²) in [4.78, 5) is 19.2. The van der Waals surface area contributed by atoms with Gasteiger partial charge in [-0.15, -0.1) is 11.3 Å². The van der Waals surface area contributed by atoms with E-state index >= 15 is 0 Å². The van der Waals surface area contributed by atoms with Gasteiger partial charge in [0.25, 0.3) is 0 Å². The number of benzene rings is 1. The maximum Gasteiger partial charge on any atom is 0.222 e. The van der Waals surface area contributed by atoms with E-state index in [1.807, 2.05) is 22.3 Å². The highest BCUT2D eigenvalue weighted by Gasteiger charge is 2.26. The number of para-hydroxylation sites is 1. The van der Waals surface area contributed by atoms with E-state index in [1.54, 1.807) is 0 Å². The number of carbonyl (C=O) groups is 1. The van der Waals surface area contributed by atoms with Crippen LogP contribution in [-0.4, -0.2) is 41.6 Å². The predicted molar refractivity (Wildman–Crippen MR) is 96.4 cm³/mol. The number of aromatic nitrogens is 1. The van der Waals surface area contributed by atoms with Gasteiger partial charge in [-0.25, -0.2) is 4.98 Å². The Labute approximate surface area is 146 Å². The van der Waals surface area contributed by atoms with Gasteiger partial charge >= 0.3 is 0 Å². The van der Waals surface area contributed by atoms with E-state index in [0.717, 1.165) is 57.3 Å². The standard InChI is InChI=1S/C19H24N2O2S/c22-18(8-7-15-4-3-13-23-15)21-11-9-14(10-12-21)19-20-16-5-1-2-6-17(16)24-19/h1-2,5-6,14-15H,3-4,7-13H2. The molecule has 0 bridgehead atoms.